The lowest BCUT2D eigenvalue weighted by Gasteiger charge is -2.27. The highest BCUT2D eigenvalue weighted by molar-refractivity contribution is 5.26. The summed E-state index contributed by atoms with van der Waals surface area (Å²) >= 11 is 0. The molecule has 1 fully saturated rings. The minimum Gasteiger partial charge on any atom is -0.388 e. The van der Waals surface area contributed by atoms with Gasteiger partial charge in [0.2, 0.25) is 0 Å². The summed E-state index contributed by atoms with van der Waals surface area (Å²) in [7, 11) is 0. The number of rotatable bonds is 2. The molecule has 1 aliphatic rings. The van der Waals surface area contributed by atoms with E-state index in [-0.39, 0.29) is 11.7 Å². The average Bonchev–Trinajstić information content (AvgIpc) is 2.32. The number of hydrogen-bond donors (Lipinski definition) is 2. The van der Waals surface area contributed by atoms with Crippen LogP contribution in [0.2, 0.25) is 0 Å². The predicted molar refractivity (Wildman–Crippen MR) is 61.7 cm³/mol. The van der Waals surface area contributed by atoms with Crippen LogP contribution in [0.3, 0.4) is 0 Å². The van der Waals surface area contributed by atoms with Crippen LogP contribution in [0.15, 0.2) is 18.2 Å². The normalized spacial score (nSPS) is 23.1. The second kappa shape index (κ2) is 4.93. The molecule has 0 saturated carbocycles. The topological polar surface area (TPSA) is 32.3 Å². The summed E-state index contributed by atoms with van der Waals surface area (Å²) in [4.78, 5) is 0. The van der Waals surface area contributed by atoms with Crippen LogP contribution in [0.4, 0.5) is 4.39 Å². The molecule has 2 nitrogen and oxygen atoms in total. The third kappa shape index (κ3) is 2.42. The molecule has 1 heterocycles. The summed E-state index contributed by atoms with van der Waals surface area (Å²) in [6, 6.07) is 4.91. The van der Waals surface area contributed by atoms with Gasteiger partial charge in [-0.3, -0.25) is 0 Å². The first kappa shape index (κ1) is 11.6. The van der Waals surface area contributed by atoms with E-state index in [1.54, 1.807) is 12.1 Å². The molecule has 16 heavy (non-hydrogen) atoms. The lowest BCUT2D eigenvalue weighted by Crippen LogP contribution is -2.33. The summed E-state index contributed by atoms with van der Waals surface area (Å²) < 4.78 is 13.6. The second-order valence-corrected chi connectivity index (χ2v) is 4.58. The van der Waals surface area contributed by atoms with E-state index >= 15 is 0 Å². The minimum atomic E-state index is -0.687. The van der Waals surface area contributed by atoms with Gasteiger partial charge >= 0.3 is 0 Å². The van der Waals surface area contributed by atoms with E-state index < -0.39 is 6.10 Å². The van der Waals surface area contributed by atoms with Gasteiger partial charge < -0.3 is 10.4 Å². The largest absolute Gasteiger partial charge is 0.388 e. The van der Waals surface area contributed by atoms with Crippen molar-refractivity contribution in [2.24, 2.45) is 5.92 Å². The molecule has 1 aliphatic heterocycles. The van der Waals surface area contributed by atoms with Gasteiger partial charge in [-0.15, -0.1) is 0 Å². The van der Waals surface area contributed by atoms with Gasteiger partial charge in [-0.1, -0.05) is 17.7 Å². The Morgan fingerprint density at radius 3 is 3.00 bits per heavy atom. The molecule has 1 aromatic carbocycles. The fraction of sp³-hybridized carbons (Fsp3) is 0.538. The van der Waals surface area contributed by atoms with E-state index in [1.807, 2.05) is 6.92 Å². The molecule has 1 aromatic rings. The number of benzene rings is 1. The summed E-state index contributed by atoms with van der Waals surface area (Å²) in [6.07, 6.45) is 1.32. The predicted octanol–water partition coefficient (Wildman–Crippen LogP) is 2.17. The van der Waals surface area contributed by atoms with Gasteiger partial charge in [-0.05, 0) is 32.4 Å². The fourth-order valence-electron chi connectivity index (χ4n) is 2.29. The van der Waals surface area contributed by atoms with Crippen LogP contribution < -0.4 is 5.32 Å². The Balaban J connectivity index is 2.18. The van der Waals surface area contributed by atoms with E-state index in [1.165, 1.54) is 6.07 Å². The Labute approximate surface area is 95.5 Å². The molecule has 0 aliphatic carbocycles. The number of hydrogen-bond acceptors (Lipinski definition) is 2. The van der Waals surface area contributed by atoms with Crippen molar-refractivity contribution in [1.82, 2.24) is 5.32 Å². The molecule has 2 atom stereocenters. The smallest absolute Gasteiger partial charge is 0.129 e. The van der Waals surface area contributed by atoms with Gasteiger partial charge in [0.25, 0.3) is 0 Å². The van der Waals surface area contributed by atoms with Crippen LogP contribution in [0, 0.1) is 18.7 Å². The Kier molecular flexibility index (Phi) is 3.56. The maximum absolute atomic E-state index is 13.6. The summed E-state index contributed by atoms with van der Waals surface area (Å²) in [5.41, 5.74) is 1.42. The molecule has 0 spiro atoms. The minimum absolute atomic E-state index is 0.130. The van der Waals surface area contributed by atoms with E-state index in [9.17, 15) is 9.50 Å². The molecule has 1 saturated heterocycles. The molecule has 3 heteroatoms. The van der Waals surface area contributed by atoms with Crippen molar-refractivity contribution < 1.29 is 9.50 Å². The molecule has 0 amide bonds. The van der Waals surface area contributed by atoms with Crippen molar-refractivity contribution in [3.8, 4) is 0 Å². The van der Waals surface area contributed by atoms with Gasteiger partial charge in [-0.25, -0.2) is 4.39 Å². The molecule has 0 aromatic heterocycles. The van der Waals surface area contributed by atoms with Gasteiger partial charge in [0.15, 0.2) is 0 Å². The monoisotopic (exact) mass is 223 g/mol. The lowest BCUT2D eigenvalue weighted by atomic mass is 9.89. The Morgan fingerprint density at radius 2 is 2.31 bits per heavy atom. The highest BCUT2D eigenvalue weighted by Crippen LogP contribution is 2.29. The Bertz CT molecular complexity index is 361. The zero-order valence-corrected chi connectivity index (χ0v) is 9.54. The van der Waals surface area contributed by atoms with Gasteiger partial charge in [-0.2, -0.15) is 0 Å². The van der Waals surface area contributed by atoms with Crippen molar-refractivity contribution in [1.29, 1.82) is 0 Å². The summed E-state index contributed by atoms with van der Waals surface area (Å²) in [6.45, 7) is 3.68. The van der Waals surface area contributed by atoms with Crippen molar-refractivity contribution in [3.63, 3.8) is 0 Å². The van der Waals surface area contributed by atoms with Crippen molar-refractivity contribution >= 4 is 0 Å². The van der Waals surface area contributed by atoms with Crippen molar-refractivity contribution in [2.45, 2.75) is 25.9 Å². The molecule has 88 valence electrons. The number of piperidine rings is 1. The van der Waals surface area contributed by atoms with Gasteiger partial charge in [0.05, 0.1) is 6.10 Å². The van der Waals surface area contributed by atoms with Crippen molar-refractivity contribution in [2.75, 3.05) is 13.1 Å². The molecule has 0 radical (unpaired) electrons. The number of aliphatic hydroxyl groups is 1. The quantitative estimate of drug-likeness (QED) is 0.805. The van der Waals surface area contributed by atoms with E-state index in [4.69, 9.17) is 0 Å². The van der Waals surface area contributed by atoms with E-state index in [0.717, 1.165) is 31.5 Å². The number of aliphatic hydroxyl groups excluding tert-OH is 1. The maximum Gasteiger partial charge on any atom is 0.129 e. The van der Waals surface area contributed by atoms with Crippen LogP contribution >= 0.6 is 0 Å². The summed E-state index contributed by atoms with van der Waals surface area (Å²) in [5.74, 6) is -0.172. The highest BCUT2D eigenvalue weighted by Gasteiger charge is 2.25. The first-order valence-corrected chi connectivity index (χ1v) is 5.83. The van der Waals surface area contributed by atoms with Crippen LogP contribution in [-0.2, 0) is 0 Å². The van der Waals surface area contributed by atoms with Crippen molar-refractivity contribution in [3.05, 3.63) is 35.1 Å². The average molecular weight is 223 g/mol. The summed E-state index contributed by atoms with van der Waals surface area (Å²) in [5, 5.41) is 13.4. The first-order valence-electron chi connectivity index (χ1n) is 5.83. The van der Waals surface area contributed by atoms with Gasteiger partial charge in [0, 0.05) is 18.0 Å². The van der Waals surface area contributed by atoms with Crippen LogP contribution in [0.1, 0.15) is 30.1 Å². The molecule has 2 unspecified atom stereocenters. The van der Waals surface area contributed by atoms with Crippen LogP contribution in [0.25, 0.3) is 0 Å². The number of nitrogens with one attached hydrogen (secondary N) is 1. The van der Waals surface area contributed by atoms with Crippen LogP contribution in [0.5, 0.6) is 0 Å². The zero-order valence-electron chi connectivity index (χ0n) is 9.54. The molecule has 2 rings (SSSR count). The second-order valence-electron chi connectivity index (χ2n) is 4.58. The fourth-order valence-corrected chi connectivity index (χ4v) is 2.29. The standard InChI is InChI=1S/C13H18FNO/c1-9-4-5-12(14)11(7-9)13(16)10-3-2-6-15-8-10/h4-5,7,10,13,15-16H,2-3,6,8H2,1H3. The van der Waals surface area contributed by atoms with Crippen LogP contribution in [-0.4, -0.2) is 18.2 Å². The highest BCUT2D eigenvalue weighted by atomic mass is 19.1. The molecular weight excluding hydrogens is 205 g/mol. The third-order valence-electron chi connectivity index (χ3n) is 3.25. The zero-order chi connectivity index (χ0) is 11.5. The maximum atomic E-state index is 13.6. The first-order chi connectivity index (χ1) is 7.68. The third-order valence-corrected chi connectivity index (χ3v) is 3.25. The van der Waals surface area contributed by atoms with E-state index in [0.29, 0.717) is 5.56 Å². The van der Waals surface area contributed by atoms with E-state index in [2.05, 4.69) is 5.32 Å². The number of aryl methyl sites for hydroxylation is 1. The SMILES string of the molecule is Cc1ccc(F)c(C(O)C2CCCNC2)c1. The molecule has 2 N–H and O–H groups in total. The molecule has 0 bridgehead atoms. The molecular formula is C13H18FNO. The Morgan fingerprint density at radius 1 is 1.50 bits per heavy atom. The number of halogens is 1. The van der Waals surface area contributed by atoms with Gasteiger partial charge in [0.1, 0.15) is 5.82 Å². The lowest BCUT2D eigenvalue weighted by molar-refractivity contribution is 0.0888. The Hall–Kier alpha value is -0.930.